The Hall–Kier alpha value is -2.69. The van der Waals surface area contributed by atoms with Crippen molar-refractivity contribution in [3.05, 3.63) is 60.3 Å². The highest BCUT2D eigenvalue weighted by Gasteiger charge is 2.19. The molecular weight excluding hydrogens is 268 g/mol. The molecule has 0 aliphatic heterocycles. The highest BCUT2D eigenvalue weighted by atomic mass is 16.4. The van der Waals surface area contributed by atoms with Crippen LogP contribution >= 0.6 is 0 Å². The number of amides is 1. The van der Waals surface area contributed by atoms with E-state index in [2.05, 4.69) is 10.3 Å². The largest absolute Gasteiger partial charge is 0.481 e. The molecule has 0 unspecified atom stereocenters. The van der Waals surface area contributed by atoms with Gasteiger partial charge in [0, 0.05) is 18.5 Å². The van der Waals surface area contributed by atoms with E-state index in [9.17, 15) is 9.59 Å². The molecule has 0 bridgehead atoms. The number of hydrogen-bond acceptors (Lipinski definition) is 3. The van der Waals surface area contributed by atoms with Crippen molar-refractivity contribution in [3.8, 4) is 0 Å². The number of carbonyl (C=O) groups excluding carboxylic acids is 1. The summed E-state index contributed by atoms with van der Waals surface area (Å²) in [5.41, 5.74) is 0.844. The van der Waals surface area contributed by atoms with Crippen molar-refractivity contribution in [2.45, 2.75) is 18.8 Å². The number of aromatic nitrogens is 1. The molecule has 5 nitrogen and oxygen atoms in total. The first-order valence-corrected chi connectivity index (χ1v) is 6.63. The third-order valence-electron chi connectivity index (χ3n) is 3.06. The first kappa shape index (κ1) is 14.7. The summed E-state index contributed by atoms with van der Waals surface area (Å²) in [6.07, 6.45) is 1.61. The maximum absolute atomic E-state index is 12.0. The lowest BCUT2D eigenvalue weighted by Gasteiger charge is -2.15. The zero-order valence-electron chi connectivity index (χ0n) is 11.4. The van der Waals surface area contributed by atoms with Crippen LogP contribution in [0.5, 0.6) is 0 Å². The fraction of sp³-hybridized carbons (Fsp3) is 0.188. The van der Waals surface area contributed by atoms with Gasteiger partial charge in [0.1, 0.15) is 5.82 Å². The molecule has 2 aromatic rings. The monoisotopic (exact) mass is 284 g/mol. The van der Waals surface area contributed by atoms with Crippen LogP contribution in [0.4, 0.5) is 5.82 Å². The molecule has 0 fully saturated rings. The number of nitrogens with zero attached hydrogens (tertiary/aromatic N) is 1. The van der Waals surface area contributed by atoms with E-state index in [-0.39, 0.29) is 24.7 Å². The molecule has 1 aromatic carbocycles. The van der Waals surface area contributed by atoms with Crippen molar-refractivity contribution in [1.82, 2.24) is 4.98 Å². The van der Waals surface area contributed by atoms with Gasteiger partial charge < -0.3 is 10.4 Å². The molecule has 1 atom stereocenters. The predicted molar refractivity (Wildman–Crippen MR) is 78.9 cm³/mol. The minimum atomic E-state index is -0.922. The molecule has 0 saturated carbocycles. The summed E-state index contributed by atoms with van der Waals surface area (Å²) >= 11 is 0. The molecular formula is C16H16N2O3. The van der Waals surface area contributed by atoms with Gasteiger partial charge in [-0.25, -0.2) is 4.98 Å². The fourth-order valence-electron chi connectivity index (χ4n) is 2.10. The first-order chi connectivity index (χ1) is 10.1. The molecule has 0 saturated heterocycles. The number of hydrogen-bond donors (Lipinski definition) is 2. The van der Waals surface area contributed by atoms with Crippen molar-refractivity contribution in [3.63, 3.8) is 0 Å². The number of pyridine rings is 1. The van der Waals surface area contributed by atoms with Gasteiger partial charge in [0.15, 0.2) is 0 Å². The summed E-state index contributed by atoms with van der Waals surface area (Å²) in [6, 6.07) is 14.4. The van der Waals surface area contributed by atoms with E-state index in [1.165, 1.54) is 0 Å². The van der Waals surface area contributed by atoms with Gasteiger partial charge in [0.2, 0.25) is 5.91 Å². The number of nitrogens with one attached hydrogen (secondary N) is 1. The van der Waals surface area contributed by atoms with Crippen LogP contribution in [0.1, 0.15) is 24.3 Å². The van der Waals surface area contributed by atoms with Crippen molar-refractivity contribution < 1.29 is 14.7 Å². The van der Waals surface area contributed by atoms with Gasteiger partial charge >= 0.3 is 5.97 Å². The maximum atomic E-state index is 12.0. The quantitative estimate of drug-likeness (QED) is 0.854. The average molecular weight is 284 g/mol. The second kappa shape index (κ2) is 7.19. The second-order valence-corrected chi connectivity index (χ2v) is 4.67. The third-order valence-corrected chi connectivity index (χ3v) is 3.06. The van der Waals surface area contributed by atoms with Gasteiger partial charge in [0.25, 0.3) is 0 Å². The molecule has 2 rings (SSSR count). The van der Waals surface area contributed by atoms with Crippen LogP contribution in [-0.2, 0) is 9.59 Å². The van der Waals surface area contributed by atoms with Crippen LogP contribution < -0.4 is 5.32 Å². The number of anilines is 1. The van der Waals surface area contributed by atoms with E-state index in [0.717, 1.165) is 5.56 Å². The van der Waals surface area contributed by atoms with E-state index in [0.29, 0.717) is 5.82 Å². The molecule has 0 radical (unpaired) electrons. The van der Waals surface area contributed by atoms with Crippen molar-refractivity contribution >= 4 is 17.7 Å². The van der Waals surface area contributed by atoms with Crippen molar-refractivity contribution in [2.24, 2.45) is 0 Å². The zero-order chi connectivity index (χ0) is 15.1. The Bertz CT molecular complexity index is 599. The fourth-order valence-corrected chi connectivity index (χ4v) is 2.10. The number of benzene rings is 1. The minimum absolute atomic E-state index is 0.0837. The number of carboxylic acids is 1. The molecule has 1 aromatic heterocycles. The molecule has 0 aliphatic carbocycles. The first-order valence-electron chi connectivity index (χ1n) is 6.63. The lowest BCUT2D eigenvalue weighted by atomic mass is 9.92. The van der Waals surface area contributed by atoms with E-state index in [1.807, 2.05) is 30.3 Å². The van der Waals surface area contributed by atoms with Crippen LogP contribution in [-0.4, -0.2) is 22.0 Å². The Morgan fingerprint density at radius 3 is 2.38 bits per heavy atom. The Morgan fingerprint density at radius 2 is 1.76 bits per heavy atom. The Kier molecular flexibility index (Phi) is 5.04. The predicted octanol–water partition coefficient (Wildman–Crippen LogP) is 2.67. The van der Waals surface area contributed by atoms with Crippen LogP contribution in [0, 0.1) is 0 Å². The molecule has 2 N–H and O–H groups in total. The maximum Gasteiger partial charge on any atom is 0.303 e. The topological polar surface area (TPSA) is 79.3 Å². The number of carbonyl (C=O) groups is 2. The van der Waals surface area contributed by atoms with Gasteiger partial charge in [-0.05, 0) is 17.7 Å². The smallest absolute Gasteiger partial charge is 0.303 e. The van der Waals surface area contributed by atoms with Gasteiger partial charge in [-0.1, -0.05) is 36.4 Å². The van der Waals surface area contributed by atoms with Gasteiger partial charge in [-0.3, -0.25) is 9.59 Å². The standard InChI is InChI=1S/C16H16N2O3/c19-15(18-14-8-4-5-9-17-14)10-13(11-16(20)21)12-6-2-1-3-7-12/h1-9,13H,10-11H2,(H,20,21)(H,17,18,19)/t13-/m0/s1. The minimum Gasteiger partial charge on any atom is -0.481 e. The number of rotatable bonds is 6. The molecule has 108 valence electrons. The number of carboxylic acid groups (broad SMARTS) is 1. The highest BCUT2D eigenvalue weighted by molar-refractivity contribution is 5.90. The SMILES string of the molecule is O=C(O)C[C@H](CC(=O)Nc1ccccn1)c1ccccc1. The summed E-state index contributed by atoms with van der Waals surface area (Å²) < 4.78 is 0. The second-order valence-electron chi connectivity index (χ2n) is 4.67. The molecule has 5 heteroatoms. The van der Waals surface area contributed by atoms with Gasteiger partial charge in [-0.15, -0.1) is 0 Å². The Labute approximate surface area is 122 Å². The highest BCUT2D eigenvalue weighted by Crippen LogP contribution is 2.23. The van der Waals surface area contributed by atoms with Crippen LogP contribution in [0.3, 0.4) is 0 Å². The normalized spacial score (nSPS) is 11.6. The van der Waals surface area contributed by atoms with E-state index >= 15 is 0 Å². The van der Waals surface area contributed by atoms with E-state index in [4.69, 9.17) is 5.11 Å². The Balaban J connectivity index is 2.05. The molecule has 21 heavy (non-hydrogen) atoms. The zero-order valence-corrected chi connectivity index (χ0v) is 11.4. The summed E-state index contributed by atoms with van der Waals surface area (Å²) in [7, 11) is 0. The summed E-state index contributed by atoms with van der Waals surface area (Å²) in [4.78, 5) is 27.0. The Morgan fingerprint density at radius 1 is 1.05 bits per heavy atom. The van der Waals surface area contributed by atoms with Crippen LogP contribution in [0.25, 0.3) is 0 Å². The van der Waals surface area contributed by atoms with Crippen LogP contribution in [0.15, 0.2) is 54.7 Å². The van der Waals surface area contributed by atoms with Crippen LogP contribution in [0.2, 0.25) is 0 Å². The summed E-state index contributed by atoms with van der Waals surface area (Å²) in [5.74, 6) is -1.06. The van der Waals surface area contributed by atoms with E-state index in [1.54, 1.807) is 24.4 Å². The molecule has 0 spiro atoms. The lowest BCUT2D eigenvalue weighted by molar-refractivity contribution is -0.137. The molecule has 1 amide bonds. The molecule has 0 aliphatic rings. The summed E-state index contributed by atoms with van der Waals surface area (Å²) in [6.45, 7) is 0. The third kappa shape index (κ3) is 4.72. The van der Waals surface area contributed by atoms with Crippen molar-refractivity contribution in [2.75, 3.05) is 5.32 Å². The molecule has 1 heterocycles. The number of aliphatic carboxylic acids is 1. The van der Waals surface area contributed by atoms with Gasteiger partial charge in [-0.2, -0.15) is 0 Å². The average Bonchev–Trinajstić information content (AvgIpc) is 2.48. The van der Waals surface area contributed by atoms with Gasteiger partial charge in [0.05, 0.1) is 6.42 Å². The van der Waals surface area contributed by atoms with Crippen molar-refractivity contribution in [1.29, 1.82) is 0 Å². The van der Waals surface area contributed by atoms with E-state index < -0.39 is 5.97 Å². The summed E-state index contributed by atoms with van der Waals surface area (Å²) in [5, 5.41) is 11.7. The lowest BCUT2D eigenvalue weighted by Crippen LogP contribution is -2.18.